The molecule has 4 aromatic rings. The van der Waals surface area contributed by atoms with Gasteiger partial charge in [0, 0.05) is 0 Å². The molecule has 3 heteroatoms. The van der Waals surface area contributed by atoms with Gasteiger partial charge >= 0.3 is 226 Å². The Balaban J connectivity index is 1.86. The first-order chi connectivity index (χ1) is 18.0. The quantitative estimate of drug-likeness (QED) is 0.244. The van der Waals surface area contributed by atoms with Crippen LogP contribution in [-0.2, 0) is 4.52 Å². The average Bonchev–Trinajstić information content (AvgIpc) is 3.23. The third kappa shape index (κ3) is 3.38. The zero-order valence-electron chi connectivity index (χ0n) is 21.6. The van der Waals surface area contributed by atoms with Crippen molar-refractivity contribution < 1.29 is 4.52 Å². The molecule has 1 aliphatic heterocycles. The normalized spacial score (nSPS) is 20.8. The summed E-state index contributed by atoms with van der Waals surface area (Å²) in [5.74, 6) is 0. The molecule has 6 rings (SSSR count). The molecule has 186 valence electrons. The van der Waals surface area contributed by atoms with Crippen molar-refractivity contribution in [2.45, 2.75) is 39.7 Å². The van der Waals surface area contributed by atoms with E-state index in [1.807, 2.05) is 12.1 Å². The Bertz CT molecular complexity index is 1520. The molecule has 1 aliphatic carbocycles. The zero-order chi connectivity index (χ0) is 25.6. The summed E-state index contributed by atoms with van der Waals surface area (Å²) in [5.41, 5.74) is 6.25. The minimum absolute atomic E-state index is 0.198. The molecule has 0 spiro atoms. The Kier molecular flexibility index (Phi) is 6.00. The van der Waals surface area contributed by atoms with Gasteiger partial charge in [0.25, 0.3) is 0 Å². The third-order valence-electron chi connectivity index (χ3n) is 8.20. The summed E-state index contributed by atoms with van der Waals surface area (Å²) < 4.78 is 7.97. The van der Waals surface area contributed by atoms with E-state index in [4.69, 9.17) is 16.1 Å². The average molecular weight is 523 g/mol. The molecule has 1 unspecified atom stereocenters. The molecule has 0 saturated carbocycles. The van der Waals surface area contributed by atoms with E-state index in [0.29, 0.717) is 0 Å². The van der Waals surface area contributed by atoms with E-state index in [9.17, 15) is 0 Å². The number of halogens is 1. The number of allylic oxidation sites excluding steroid dienone is 4. The van der Waals surface area contributed by atoms with Crippen molar-refractivity contribution in [2.24, 2.45) is 0 Å². The monoisotopic (exact) mass is 522 g/mol. The van der Waals surface area contributed by atoms with Crippen LogP contribution in [0.5, 0.6) is 0 Å². The standard InChI is InChI=1S/C34H32ClOP/c1-24-12-4-8-16-30(24)37(31-17-9-5-13-25(31)2,32-18-10-6-14-26(32)3)33-19-11-7-15-29(33)34(36-37)27-20-22-28(35)23-21-27/h4-9,11-17,19-23,34H,10,18H2,1-3H3. The van der Waals surface area contributed by atoms with Crippen LogP contribution < -0.4 is 15.9 Å². The number of hydrogen-bond acceptors (Lipinski definition) is 1. The van der Waals surface area contributed by atoms with Gasteiger partial charge in [0.15, 0.2) is 0 Å². The molecular weight excluding hydrogens is 491 g/mol. The third-order valence-corrected chi connectivity index (χ3v) is 14.9. The Labute approximate surface area is 225 Å². The van der Waals surface area contributed by atoms with E-state index in [1.54, 1.807) is 0 Å². The second kappa shape index (κ2) is 9.10. The molecule has 1 heterocycles. The van der Waals surface area contributed by atoms with E-state index >= 15 is 0 Å². The van der Waals surface area contributed by atoms with Crippen molar-refractivity contribution in [1.82, 2.24) is 0 Å². The molecule has 0 saturated heterocycles. The van der Waals surface area contributed by atoms with Crippen molar-refractivity contribution in [1.29, 1.82) is 0 Å². The second-order valence-corrected chi connectivity index (χ2v) is 15.0. The molecule has 0 radical (unpaired) electrons. The SMILES string of the molecule is CC1=C(P2(c3ccccc3C)(c3ccccc3C)OC(c3ccc(Cl)cc3)c3ccccc32)CCC=C1. The van der Waals surface area contributed by atoms with Crippen LogP contribution in [0.1, 0.15) is 48.1 Å². The Morgan fingerprint density at radius 1 is 0.703 bits per heavy atom. The number of benzene rings is 4. The van der Waals surface area contributed by atoms with Crippen LogP contribution in [0.25, 0.3) is 0 Å². The summed E-state index contributed by atoms with van der Waals surface area (Å²) in [7, 11) is 0. The molecule has 2 aliphatic rings. The van der Waals surface area contributed by atoms with Crippen molar-refractivity contribution in [2.75, 3.05) is 0 Å². The van der Waals surface area contributed by atoms with Crippen LogP contribution >= 0.6 is 18.4 Å². The maximum atomic E-state index is 7.97. The molecule has 0 amide bonds. The van der Waals surface area contributed by atoms with Gasteiger partial charge in [0.1, 0.15) is 0 Å². The van der Waals surface area contributed by atoms with E-state index in [-0.39, 0.29) is 6.10 Å². The van der Waals surface area contributed by atoms with Crippen LogP contribution in [0.15, 0.2) is 120 Å². The molecular formula is C34H32ClOP. The molecule has 1 atom stereocenters. The number of fused-ring (bicyclic) bond motifs is 1. The first-order valence-corrected chi connectivity index (χ1v) is 15.5. The second-order valence-electron chi connectivity index (χ2n) is 10.3. The van der Waals surface area contributed by atoms with Gasteiger partial charge in [-0.15, -0.1) is 0 Å². The van der Waals surface area contributed by atoms with Crippen molar-refractivity contribution in [3.8, 4) is 0 Å². The summed E-state index contributed by atoms with van der Waals surface area (Å²) in [4.78, 5) is 0. The number of rotatable bonds is 4. The van der Waals surface area contributed by atoms with Gasteiger partial charge in [0.05, 0.1) is 0 Å². The van der Waals surface area contributed by atoms with Crippen molar-refractivity contribution >= 4 is 34.3 Å². The molecule has 4 aromatic carbocycles. The predicted octanol–water partition coefficient (Wildman–Crippen LogP) is 8.45. The van der Waals surface area contributed by atoms with E-state index < -0.39 is 6.83 Å². The summed E-state index contributed by atoms with van der Waals surface area (Å²) in [6.45, 7) is 3.16. The molecule has 0 bridgehead atoms. The Morgan fingerprint density at radius 3 is 1.86 bits per heavy atom. The maximum absolute atomic E-state index is 7.97. The fraction of sp³-hybridized carbons (Fsp3) is 0.176. The molecule has 1 nitrogen and oxygen atoms in total. The van der Waals surface area contributed by atoms with Gasteiger partial charge in [-0.05, 0) is 0 Å². The van der Waals surface area contributed by atoms with Crippen LogP contribution in [0.2, 0.25) is 5.02 Å². The summed E-state index contributed by atoms with van der Waals surface area (Å²) in [6, 6.07) is 35.0. The van der Waals surface area contributed by atoms with Gasteiger partial charge < -0.3 is 0 Å². The first-order valence-electron chi connectivity index (χ1n) is 13.0. The Morgan fingerprint density at radius 2 is 1.27 bits per heavy atom. The van der Waals surface area contributed by atoms with Crippen LogP contribution in [-0.4, -0.2) is 0 Å². The molecule has 0 N–H and O–H groups in total. The summed E-state index contributed by atoms with van der Waals surface area (Å²) >= 11 is 6.33. The summed E-state index contributed by atoms with van der Waals surface area (Å²) in [6.07, 6.45) is 6.41. The van der Waals surface area contributed by atoms with E-state index in [2.05, 4.69) is 118 Å². The predicted molar refractivity (Wildman–Crippen MR) is 160 cm³/mol. The van der Waals surface area contributed by atoms with E-state index in [1.165, 1.54) is 43.5 Å². The first kappa shape index (κ1) is 24.4. The van der Waals surface area contributed by atoms with Gasteiger partial charge in [-0.2, -0.15) is 0 Å². The fourth-order valence-electron chi connectivity index (χ4n) is 6.71. The van der Waals surface area contributed by atoms with Gasteiger partial charge in [-0.25, -0.2) is 0 Å². The van der Waals surface area contributed by atoms with Gasteiger partial charge in [-0.3, -0.25) is 0 Å². The fourth-order valence-corrected chi connectivity index (χ4v) is 14.2. The summed E-state index contributed by atoms with van der Waals surface area (Å²) in [5, 5.41) is 6.15. The Hall–Kier alpha value is -2.96. The van der Waals surface area contributed by atoms with Gasteiger partial charge in [0.2, 0.25) is 0 Å². The van der Waals surface area contributed by atoms with Crippen LogP contribution in [0.3, 0.4) is 0 Å². The zero-order valence-corrected chi connectivity index (χ0v) is 23.3. The van der Waals surface area contributed by atoms with Crippen molar-refractivity contribution in [3.05, 3.63) is 147 Å². The van der Waals surface area contributed by atoms with Crippen LogP contribution in [0.4, 0.5) is 0 Å². The minimum atomic E-state index is -3.61. The van der Waals surface area contributed by atoms with Gasteiger partial charge in [-0.1, -0.05) is 0 Å². The molecule has 0 aromatic heterocycles. The van der Waals surface area contributed by atoms with Crippen molar-refractivity contribution in [3.63, 3.8) is 0 Å². The van der Waals surface area contributed by atoms with E-state index in [0.717, 1.165) is 23.4 Å². The number of aryl methyl sites for hydroxylation is 2. The van der Waals surface area contributed by atoms with Crippen LogP contribution in [0, 0.1) is 13.8 Å². The number of hydrogen-bond donors (Lipinski definition) is 0. The topological polar surface area (TPSA) is 9.23 Å². The molecule has 0 fully saturated rings. The molecule has 37 heavy (non-hydrogen) atoms.